The lowest BCUT2D eigenvalue weighted by molar-refractivity contribution is -0.323. The van der Waals surface area contributed by atoms with Gasteiger partial charge in [0.25, 0.3) is 0 Å². The van der Waals surface area contributed by atoms with Gasteiger partial charge >= 0.3 is 5.91 Å². The lowest BCUT2D eigenvalue weighted by Gasteiger charge is -2.47. The summed E-state index contributed by atoms with van der Waals surface area (Å²) in [5, 5.41) is 76.3. The highest BCUT2D eigenvalue weighted by Crippen LogP contribution is 2.52. The Morgan fingerprint density at radius 1 is 0.984 bits per heavy atom. The number of carbonyl (C=O) groups is 4. The Morgan fingerprint density at radius 3 is 2.52 bits per heavy atom. The smallest absolute Gasteiger partial charge is 0.302 e. The standard InChI is InChI=1S/C43H43N5O15/c44-42-46-39-32(40(58)47-42)45-19-48(39)28-4-2-1-3-24(28)30-21(7-10-49)16-60-18-29-35(56)38(57)43(59,9-12-51)41(62-29)63-36-27(30)14-26-31(37(36)61-17-22(53)8-11-50)34(55)25-13-20(15-52)5-6-23(25)33(26)54/h1-6,11,13-14,16,22,29-30,35,38,41,49,51-53,56-57,59H,7-10,12,15,17-19H2,(H2,44,47,58)/b21-16+/t22-,29+,30-,35+,38-,41-,43+/m1/s1. The van der Waals surface area contributed by atoms with Crippen molar-refractivity contribution < 1.29 is 73.9 Å². The molecule has 3 aromatic rings. The van der Waals surface area contributed by atoms with Gasteiger partial charge in [0.15, 0.2) is 40.2 Å². The van der Waals surface area contributed by atoms with Crippen molar-refractivity contribution in [2.24, 2.45) is 20.7 Å². The minimum atomic E-state index is -2.56. The molecule has 1 saturated heterocycles. The Hall–Kier alpha value is -6.23. The minimum absolute atomic E-state index is 0.0121. The van der Waals surface area contributed by atoms with Crippen LogP contribution in [-0.2, 0) is 25.7 Å². The van der Waals surface area contributed by atoms with E-state index in [1.54, 1.807) is 29.2 Å². The molecule has 0 unspecified atom stereocenters. The summed E-state index contributed by atoms with van der Waals surface area (Å²) < 4.78 is 25.0. The van der Waals surface area contributed by atoms with Gasteiger partial charge in [-0.3, -0.25) is 19.4 Å². The number of amides is 1. The van der Waals surface area contributed by atoms with Gasteiger partial charge in [-0.2, -0.15) is 9.98 Å². The van der Waals surface area contributed by atoms with E-state index in [4.69, 9.17) is 24.7 Å². The molecule has 4 aliphatic heterocycles. The molecule has 0 spiro atoms. The molecular formula is C43H43N5O15. The highest BCUT2D eigenvalue weighted by molar-refractivity contribution is 6.72. The first-order chi connectivity index (χ1) is 30.3. The van der Waals surface area contributed by atoms with Crippen molar-refractivity contribution in [1.29, 1.82) is 0 Å². The molecule has 8 rings (SSSR count). The van der Waals surface area contributed by atoms with E-state index in [9.17, 15) is 54.9 Å². The second-order valence-corrected chi connectivity index (χ2v) is 15.4. The number of carbonyl (C=O) groups excluding carboxylic acids is 4. The van der Waals surface area contributed by atoms with Crippen LogP contribution >= 0.6 is 0 Å². The van der Waals surface area contributed by atoms with Gasteiger partial charge in [0, 0.05) is 59.9 Å². The summed E-state index contributed by atoms with van der Waals surface area (Å²) in [6.07, 6.45) is -8.07. The number of aldehydes is 1. The van der Waals surface area contributed by atoms with Crippen LogP contribution in [0.15, 0.2) is 75.3 Å². The van der Waals surface area contributed by atoms with Gasteiger partial charge in [-0.25, -0.2) is 0 Å². The van der Waals surface area contributed by atoms with Crippen LogP contribution < -0.4 is 20.1 Å². The first kappa shape index (κ1) is 43.4. The number of hydrogen-bond donors (Lipinski definition) is 8. The summed E-state index contributed by atoms with van der Waals surface area (Å²) in [6, 6.07) is 12.3. The maximum absolute atomic E-state index is 14.8. The second-order valence-electron chi connectivity index (χ2n) is 15.4. The molecule has 63 heavy (non-hydrogen) atoms. The van der Waals surface area contributed by atoms with Crippen LogP contribution in [0.5, 0.6) is 11.5 Å². The number of guanidine groups is 1. The van der Waals surface area contributed by atoms with E-state index in [1.165, 1.54) is 30.5 Å². The second kappa shape index (κ2) is 17.5. The van der Waals surface area contributed by atoms with E-state index in [2.05, 4.69) is 15.0 Å². The van der Waals surface area contributed by atoms with Crippen LogP contribution in [0.3, 0.4) is 0 Å². The van der Waals surface area contributed by atoms with Gasteiger partial charge in [-0.05, 0) is 47.4 Å². The number of ether oxygens (including phenoxy) is 4. The van der Waals surface area contributed by atoms with Crippen molar-refractivity contribution in [1.82, 2.24) is 0 Å². The number of hydrogen-bond acceptors (Lipinski definition) is 19. The number of ketones is 2. The molecule has 20 heteroatoms. The number of nitrogens with two attached hydrogens (primary N) is 1. The number of fused-ring (bicyclic) bond motifs is 6. The summed E-state index contributed by atoms with van der Waals surface area (Å²) in [4.78, 5) is 67.9. The Kier molecular flexibility index (Phi) is 12.1. The monoisotopic (exact) mass is 869 g/mol. The van der Waals surface area contributed by atoms with Crippen molar-refractivity contribution in [2.45, 2.75) is 68.1 Å². The van der Waals surface area contributed by atoms with Gasteiger partial charge in [-0.1, -0.05) is 24.3 Å². The fourth-order valence-electron chi connectivity index (χ4n) is 8.43. The zero-order chi connectivity index (χ0) is 44.7. The highest BCUT2D eigenvalue weighted by atomic mass is 16.7. The maximum atomic E-state index is 14.8. The highest BCUT2D eigenvalue weighted by Gasteiger charge is 2.57. The van der Waals surface area contributed by atoms with E-state index in [0.29, 0.717) is 28.7 Å². The number of aliphatic hydroxyl groups is 7. The number of rotatable bonds is 12. The minimum Gasteiger partial charge on any atom is -0.498 e. The number of anilines is 1. The average molecular weight is 870 g/mol. The Balaban J connectivity index is 1.45. The topological polar surface area (TPSA) is 313 Å². The average Bonchev–Trinajstić information content (AvgIpc) is 3.69. The van der Waals surface area contributed by atoms with E-state index < -0.39 is 117 Å². The number of nitrogens with zero attached hydrogens (tertiary/aromatic N) is 4. The molecule has 20 nitrogen and oxygen atoms in total. The molecule has 0 radical (unpaired) electrons. The molecular weight excluding hydrogens is 826 g/mol. The van der Waals surface area contributed by atoms with E-state index >= 15 is 0 Å². The van der Waals surface area contributed by atoms with Crippen LogP contribution in [0, 0.1) is 0 Å². The van der Waals surface area contributed by atoms with Gasteiger partial charge in [0.2, 0.25) is 12.2 Å². The van der Waals surface area contributed by atoms with Crippen LogP contribution in [-0.4, -0.2) is 146 Å². The molecule has 0 aromatic heterocycles. The molecule has 9 N–H and O–H groups in total. The van der Waals surface area contributed by atoms with E-state index in [1.807, 2.05) is 0 Å². The molecule has 4 heterocycles. The fraction of sp³-hybridized carbons (Fsp3) is 0.372. The van der Waals surface area contributed by atoms with Crippen LogP contribution in [0.4, 0.5) is 5.69 Å². The summed E-state index contributed by atoms with van der Waals surface area (Å²) in [7, 11) is 0. The summed E-state index contributed by atoms with van der Waals surface area (Å²) in [5.41, 5.74) is 3.96. The van der Waals surface area contributed by atoms with Gasteiger partial charge < -0.3 is 70.1 Å². The van der Waals surface area contributed by atoms with Gasteiger partial charge in [0.1, 0.15) is 44.5 Å². The molecule has 1 amide bonds. The van der Waals surface area contributed by atoms with Crippen LogP contribution in [0.25, 0.3) is 0 Å². The molecule has 0 saturated carbocycles. The largest absolute Gasteiger partial charge is 0.498 e. The first-order valence-electron chi connectivity index (χ1n) is 19.9. The number of aliphatic hydroxyl groups excluding tert-OH is 6. The van der Waals surface area contributed by atoms with E-state index in [-0.39, 0.29) is 58.4 Å². The van der Waals surface area contributed by atoms with Crippen molar-refractivity contribution in [3.05, 3.63) is 99.3 Å². The number of benzene rings is 3. The van der Waals surface area contributed by atoms with Crippen molar-refractivity contribution in [3.63, 3.8) is 0 Å². The number of amidine groups is 1. The third-order valence-electron chi connectivity index (χ3n) is 11.5. The zero-order valence-electron chi connectivity index (χ0n) is 33.4. The summed E-state index contributed by atoms with van der Waals surface area (Å²) in [6.45, 7) is -2.91. The van der Waals surface area contributed by atoms with Gasteiger partial charge in [0.05, 0.1) is 24.5 Å². The molecule has 1 fully saturated rings. The molecule has 7 atom stereocenters. The quantitative estimate of drug-likeness (QED) is 0.0802. The third-order valence-corrected chi connectivity index (χ3v) is 11.5. The first-order valence-corrected chi connectivity index (χ1v) is 19.9. The van der Waals surface area contributed by atoms with Crippen molar-refractivity contribution in [2.75, 3.05) is 38.0 Å². The summed E-state index contributed by atoms with van der Waals surface area (Å²) >= 11 is 0. The lowest BCUT2D eigenvalue weighted by Crippen LogP contribution is -2.68. The molecule has 5 aliphatic rings. The predicted octanol–water partition coefficient (Wildman–Crippen LogP) is -0.878. The lowest BCUT2D eigenvalue weighted by atomic mass is 9.77. The zero-order valence-corrected chi connectivity index (χ0v) is 33.4. The predicted molar refractivity (Wildman–Crippen MR) is 219 cm³/mol. The van der Waals surface area contributed by atoms with Crippen molar-refractivity contribution >= 4 is 47.0 Å². The Bertz CT molecular complexity index is 2500. The normalized spacial score (nSPS) is 26.5. The molecule has 330 valence electrons. The summed E-state index contributed by atoms with van der Waals surface area (Å²) in [5.74, 6) is -4.45. The van der Waals surface area contributed by atoms with Crippen molar-refractivity contribution in [3.8, 4) is 11.5 Å². The Morgan fingerprint density at radius 2 is 1.78 bits per heavy atom. The molecule has 1 aliphatic carbocycles. The fourth-order valence-corrected chi connectivity index (χ4v) is 8.43. The van der Waals surface area contributed by atoms with E-state index in [0.717, 1.165) is 0 Å². The number of aliphatic imine (C=N–C) groups is 3. The third kappa shape index (κ3) is 7.59. The van der Waals surface area contributed by atoms with Gasteiger partial charge in [-0.15, -0.1) is 0 Å². The van der Waals surface area contributed by atoms with Crippen LogP contribution in [0.2, 0.25) is 0 Å². The SMILES string of the molecule is NC1=NC(=O)C2=NCN(c3ccccc3[C@H]3/C(CCO)=C/OC[C@@H]4O[C@H](Oc5c3cc3c(c5OC[C@H](O)CC=O)C(=O)c5cc(CO)ccc5C3=O)[C@](O)(CCO)[C@H](O)[C@H]4O)C2=N1. The maximum Gasteiger partial charge on any atom is 0.302 e. The van der Waals surface area contributed by atoms with Crippen LogP contribution in [0.1, 0.15) is 73.7 Å². The Labute approximate surface area is 357 Å². The molecule has 3 aromatic carbocycles. The number of para-hydroxylation sites is 1. The molecule has 2 bridgehead atoms.